The quantitative estimate of drug-likeness (QED) is 0.449. The highest BCUT2D eigenvalue weighted by Crippen LogP contribution is 2.35. The van der Waals surface area contributed by atoms with Crippen molar-refractivity contribution >= 4 is 11.8 Å². The number of nitrogens with zero attached hydrogens (tertiary/aromatic N) is 5. The minimum Gasteiger partial charge on any atom is -0.497 e. The summed E-state index contributed by atoms with van der Waals surface area (Å²) in [6.07, 6.45) is 0. The lowest BCUT2D eigenvalue weighted by molar-refractivity contribution is 0.415. The first kappa shape index (κ1) is 18.2. The lowest BCUT2D eigenvalue weighted by atomic mass is 10.2. The van der Waals surface area contributed by atoms with Gasteiger partial charge in [-0.3, -0.25) is 0 Å². The third-order valence-electron chi connectivity index (χ3n) is 4.27. The normalized spacial score (nSPS) is 12.1. The van der Waals surface area contributed by atoms with Crippen molar-refractivity contribution in [1.82, 2.24) is 25.0 Å². The van der Waals surface area contributed by atoms with Crippen molar-refractivity contribution in [3.63, 3.8) is 0 Å². The molecule has 0 N–H and O–H groups in total. The van der Waals surface area contributed by atoms with Gasteiger partial charge in [0.05, 0.1) is 12.4 Å². The second kappa shape index (κ2) is 7.85. The first-order valence-electron chi connectivity index (χ1n) is 8.75. The molecule has 2 heterocycles. The molecule has 4 rings (SSSR count). The summed E-state index contributed by atoms with van der Waals surface area (Å²) in [5.74, 6) is 2.62. The number of hydrogen-bond acceptors (Lipinski definition) is 7. The van der Waals surface area contributed by atoms with Crippen LogP contribution in [-0.2, 0) is 7.05 Å². The van der Waals surface area contributed by atoms with Crippen molar-refractivity contribution in [3.05, 3.63) is 60.5 Å². The Morgan fingerprint density at radius 2 is 1.68 bits per heavy atom. The average Bonchev–Trinajstić information content (AvgIpc) is 3.37. The largest absolute Gasteiger partial charge is 0.497 e. The summed E-state index contributed by atoms with van der Waals surface area (Å²) in [5.41, 5.74) is 1.87. The van der Waals surface area contributed by atoms with E-state index in [9.17, 15) is 0 Å². The van der Waals surface area contributed by atoms with E-state index in [0.29, 0.717) is 11.8 Å². The molecule has 0 saturated heterocycles. The van der Waals surface area contributed by atoms with Gasteiger partial charge in [0.25, 0.3) is 0 Å². The zero-order chi connectivity index (χ0) is 19.5. The zero-order valence-corrected chi connectivity index (χ0v) is 16.6. The lowest BCUT2D eigenvalue weighted by Gasteiger charge is -2.07. The van der Waals surface area contributed by atoms with Crippen molar-refractivity contribution < 1.29 is 9.15 Å². The molecule has 0 spiro atoms. The molecule has 0 aliphatic heterocycles. The lowest BCUT2D eigenvalue weighted by Crippen LogP contribution is -1.97. The van der Waals surface area contributed by atoms with Crippen molar-refractivity contribution in [3.8, 4) is 28.6 Å². The smallest absolute Gasteiger partial charge is 0.247 e. The molecule has 7 nitrogen and oxygen atoms in total. The molecule has 0 bridgehead atoms. The van der Waals surface area contributed by atoms with E-state index in [-0.39, 0.29) is 5.25 Å². The summed E-state index contributed by atoms with van der Waals surface area (Å²) >= 11 is 1.53. The molecular weight excluding hydrogens is 374 g/mol. The van der Waals surface area contributed by atoms with Crippen LogP contribution >= 0.6 is 11.8 Å². The molecule has 0 amide bonds. The molecule has 2 aromatic carbocycles. The van der Waals surface area contributed by atoms with Crippen LogP contribution in [0, 0.1) is 0 Å². The third-order valence-corrected chi connectivity index (χ3v) is 5.40. The molecule has 142 valence electrons. The highest BCUT2D eigenvalue weighted by molar-refractivity contribution is 7.99. The SMILES string of the molecule is COc1ccc(-c2nnc([C@H](C)Sc3nnc(-c4ccccc4)n3C)o2)cc1. The van der Waals surface area contributed by atoms with Gasteiger partial charge < -0.3 is 13.7 Å². The molecule has 0 radical (unpaired) electrons. The standard InChI is InChI=1S/C20H19N5O2S/c1-13(18-22-23-19(27-18)15-9-11-16(26-3)12-10-15)28-20-24-21-17(25(20)2)14-7-5-4-6-8-14/h4-13H,1-3H3/t13-/m0/s1. The van der Waals surface area contributed by atoms with Gasteiger partial charge in [-0.1, -0.05) is 42.1 Å². The number of hydrogen-bond donors (Lipinski definition) is 0. The molecule has 0 aliphatic carbocycles. The monoisotopic (exact) mass is 393 g/mol. The molecule has 1 atom stereocenters. The van der Waals surface area contributed by atoms with Gasteiger partial charge in [-0.2, -0.15) is 0 Å². The van der Waals surface area contributed by atoms with Gasteiger partial charge in [-0.05, 0) is 31.2 Å². The maximum Gasteiger partial charge on any atom is 0.247 e. The molecule has 8 heteroatoms. The number of benzene rings is 2. The zero-order valence-electron chi connectivity index (χ0n) is 15.7. The van der Waals surface area contributed by atoms with E-state index >= 15 is 0 Å². The summed E-state index contributed by atoms with van der Waals surface area (Å²) in [4.78, 5) is 0. The number of rotatable bonds is 6. The van der Waals surface area contributed by atoms with E-state index < -0.39 is 0 Å². The van der Waals surface area contributed by atoms with Gasteiger partial charge in [-0.25, -0.2) is 0 Å². The highest BCUT2D eigenvalue weighted by atomic mass is 32.2. The molecular formula is C20H19N5O2S. The molecule has 0 fully saturated rings. The molecule has 28 heavy (non-hydrogen) atoms. The fourth-order valence-electron chi connectivity index (χ4n) is 2.71. The first-order valence-corrected chi connectivity index (χ1v) is 9.63. The Kier molecular flexibility index (Phi) is 5.12. The number of methoxy groups -OCH3 is 1. The predicted octanol–water partition coefficient (Wildman–Crippen LogP) is 4.39. The number of ether oxygens (including phenoxy) is 1. The maximum absolute atomic E-state index is 5.87. The van der Waals surface area contributed by atoms with E-state index in [1.54, 1.807) is 7.11 Å². The van der Waals surface area contributed by atoms with E-state index in [4.69, 9.17) is 9.15 Å². The van der Waals surface area contributed by atoms with Gasteiger partial charge in [0.1, 0.15) is 5.75 Å². The minimum absolute atomic E-state index is 0.0639. The Morgan fingerprint density at radius 1 is 0.929 bits per heavy atom. The highest BCUT2D eigenvalue weighted by Gasteiger charge is 2.20. The molecule has 0 unspecified atom stereocenters. The molecule has 0 aliphatic rings. The fraction of sp³-hybridized carbons (Fsp3) is 0.200. The Balaban J connectivity index is 1.51. The Bertz CT molecular complexity index is 1060. The van der Waals surface area contributed by atoms with E-state index in [1.807, 2.05) is 73.1 Å². The van der Waals surface area contributed by atoms with Crippen molar-refractivity contribution in [2.45, 2.75) is 17.3 Å². The summed E-state index contributed by atoms with van der Waals surface area (Å²) < 4.78 is 13.0. The van der Waals surface area contributed by atoms with E-state index in [2.05, 4.69) is 20.4 Å². The maximum atomic E-state index is 5.87. The summed E-state index contributed by atoms with van der Waals surface area (Å²) in [6.45, 7) is 2.01. The predicted molar refractivity (Wildman–Crippen MR) is 107 cm³/mol. The van der Waals surface area contributed by atoms with Gasteiger partial charge in [-0.15, -0.1) is 20.4 Å². The van der Waals surface area contributed by atoms with Gasteiger partial charge in [0, 0.05) is 18.2 Å². The van der Waals surface area contributed by atoms with Crippen LogP contribution in [-0.4, -0.2) is 32.1 Å². The second-order valence-electron chi connectivity index (χ2n) is 6.17. The molecule has 2 aromatic heterocycles. The topological polar surface area (TPSA) is 78.9 Å². The average molecular weight is 393 g/mol. The van der Waals surface area contributed by atoms with Crippen LogP contribution in [0.4, 0.5) is 0 Å². The van der Waals surface area contributed by atoms with Crippen LogP contribution in [0.5, 0.6) is 5.75 Å². The Labute approximate surface area is 166 Å². The van der Waals surface area contributed by atoms with E-state index in [1.165, 1.54) is 11.8 Å². The Hall–Kier alpha value is -3.13. The second-order valence-corrected chi connectivity index (χ2v) is 7.47. The Morgan fingerprint density at radius 3 is 2.39 bits per heavy atom. The van der Waals surface area contributed by atoms with Gasteiger partial charge in [0.15, 0.2) is 11.0 Å². The van der Waals surface area contributed by atoms with Crippen molar-refractivity contribution in [2.75, 3.05) is 7.11 Å². The molecule has 4 aromatic rings. The van der Waals surface area contributed by atoms with Crippen LogP contribution in [0.3, 0.4) is 0 Å². The number of aromatic nitrogens is 5. The van der Waals surface area contributed by atoms with Crippen LogP contribution in [0.2, 0.25) is 0 Å². The summed E-state index contributed by atoms with van der Waals surface area (Å²) in [7, 11) is 3.59. The van der Waals surface area contributed by atoms with Crippen LogP contribution in [0.25, 0.3) is 22.8 Å². The van der Waals surface area contributed by atoms with E-state index in [0.717, 1.165) is 27.9 Å². The van der Waals surface area contributed by atoms with Gasteiger partial charge in [0.2, 0.25) is 11.8 Å². The summed E-state index contributed by atoms with van der Waals surface area (Å²) in [5, 5.41) is 17.7. The van der Waals surface area contributed by atoms with Crippen LogP contribution < -0.4 is 4.74 Å². The third kappa shape index (κ3) is 3.63. The van der Waals surface area contributed by atoms with Crippen molar-refractivity contribution in [1.29, 1.82) is 0 Å². The number of thioether (sulfide) groups is 1. The minimum atomic E-state index is -0.0639. The van der Waals surface area contributed by atoms with Crippen molar-refractivity contribution in [2.24, 2.45) is 7.05 Å². The summed E-state index contributed by atoms with van der Waals surface area (Å²) in [6, 6.07) is 17.5. The van der Waals surface area contributed by atoms with Gasteiger partial charge >= 0.3 is 0 Å². The molecule has 0 saturated carbocycles. The first-order chi connectivity index (χ1) is 13.7. The van der Waals surface area contributed by atoms with Crippen LogP contribution in [0.15, 0.2) is 64.2 Å². The fourth-order valence-corrected chi connectivity index (χ4v) is 3.56. The van der Waals surface area contributed by atoms with Crippen LogP contribution in [0.1, 0.15) is 18.1 Å².